The van der Waals surface area contributed by atoms with Gasteiger partial charge in [0.15, 0.2) is 11.5 Å². The number of nitrogens with one attached hydrogen (secondary N) is 1. The number of hydrogen-bond donors (Lipinski definition) is 1. The number of amides is 2. The van der Waals surface area contributed by atoms with Crippen LogP contribution in [0, 0.1) is 0 Å². The van der Waals surface area contributed by atoms with Gasteiger partial charge in [-0.2, -0.15) is 0 Å². The first-order valence-corrected chi connectivity index (χ1v) is 13.5. The molecule has 0 spiro atoms. The molecule has 0 saturated heterocycles. The number of rotatable bonds is 8. The van der Waals surface area contributed by atoms with Crippen LogP contribution in [0.3, 0.4) is 0 Å². The Morgan fingerprint density at radius 3 is 2.59 bits per heavy atom. The van der Waals surface area contributed by atoms with Crippen molar-refractivity contribution >= 4 is 28.5 Å². The monoisotopic (exact) mass is 525 g/mol. The number of benzene rings is 3. The normalized spacial score (nSPS) is 15.4. The van der Waals surface area contributed by atoms with Crippen LogP contribution < -0.4 is 19.7 Å². The number of hydrogen-bond acceptors (Lipinski definition) is 6. The predicted molar refractivity (Wildman–Crippen MR) is 147 cm³/mol. The Morgan fingerprint density at radius 1 is 1.03 bits per heavy atom. The minimum Gasteiger partial charge on any atom is -0.454 e. The van der Waals surface area contributed by atoms with Gasteiger partial charge in [0.25, 0.3) is 0 Å². The maximum atomic E-state index is 14.2. The van der Waals surface area contributed by atoms with Crippen LogP contribution in [-0.4, -0.2) is 39.6 Å². The molecule has 1 fully saturated rings. The van der Waals surface area contributed by atoms with Crippen molar-refractivity contribution < 1.29 is 19.1 Å². The zero-order chi connectivity index (χ0) is 26.8. The number of nitrogens with zero attached hydrogens (tertiary/aromatic N) is 4. The van der Waals surface area contributed by atoms with E-state index in [1.165, 1.54) is 0 Å². The smallest absolute Gasteiger partial charge is 0.249 e. The third-order valence-corrected chi connectivity index (χ3v) is 7.52. The predicted octanol–water partition coefficient (Wildman–Crippen LogP) is 4.56. The van der Waals surface area contributed by atoms with Crippen molar-refractivity contribution in [3.05, 3.63) is 77.9 Å². The minimum atomic E-state index is -0.890. The lowest BCUT2D eigenvalue weighted by atomic mass is 10.00. The van der Waals surface area contributed by atoms with E-state index >= 15 is 0 Å². The van der Waals surface area contributed by atoms with E-state index in [-0.39, 0.29) is 31.2 Å². The molecular formula is C30H31N5O4. The standard InChI is InChI=1S/C30H31N5O4/c1-2-20-11-13-21(14-12-20)29(30(37)31-22-7-3-4-8-22)35(23-15-16-26-27(17-23)39-19-38-26)28(36)18-34-25-10-6-5-9-24(25)32-33-34/h5-6,9-17,22,29H,2-4,7-8,18-19H2,1H3,(H,31,37). The SMILES string of the molecule is CCc1ccc(C(C(=O)NC2CCCC2)N(C(=O)Cn2nnc3ccccc32)c2ccc3c(c2)OCO3)cc1. The Kier molecular flexibility index (Phi) is 6.87. The molecule has 4 aromatic rings. The molecule has 2 aliphatic rings. The zero-order valence-corrected chi connectivity index (χ0v) is 21.9. The number of fused-ring (bicyclic) bond motifs is 2. The maximum absolute atomic E-state index is 14.2. The van der Waals surface area contributed by atoms with Gasteiger partial charge in [-0.15, -0.1) is 5.10 Å². The molecule has 2 heterocycles. The van der Waals surface area contributed by atoms with Crippen molar-refractivity contribution in [3.8, 4) is 11.5 Å². The number of carbonyl (C=O) groups is 2. The van der Waals surface area contributed by atoms with Gasteiger partial charge < -0.3 is 14.8 Å². The molecule has 200 valence electrons. The lowest BCUT2D eigenvalue weighted by Gasteiger charge is -2.32. The summed E-state index contributed by atoms with van der Waals surface area (Å²) in [5, 5.41) is 11.7. The van der Waals surface area contributed by atoms with E-state index in [2.05, 4.69) is 22.6 Å². The average Bonchev–Trinajstić information content (AvgIpc) is 3.73. The van der Waals surface area contributed by atoms with Gasteiger partial charge in [0, 0.05) is 17.8 Å². The summed E-state index contributed by atoms with van der Waals surface area (Å²) in [5.41, 5.74) is 3.88. The molecule has 1 atom stereocenters. The van der Waals surface area contributed by atoms with Crippen molar-refractivity contribution in [2.45, 2.75) is 57.7 Å². The van der Waals surface area contributed by atoms with Gasteiger partial charge in [0.2, 0.25) is 18.6 Å². The molecule has 9 heteroatoms. The van der Waals surface area contributed by atoms with Crippen LogP contribution in [0.15, 0.2) is 66.7 Å². The fourth-order valence-corrected chi connectivity index (χ4v) is 5.41. The van der Waals surface area contributed by atoms with Gasteiger partial charge in [-0.05, 0) is 54.7 Å². The second kappa shape index (κ2) is 10.8. The van der Waals surface area contributed by atoms with Gasteiger partial charge in [-0.3, -0.25) is 14.5 Å². The summed E-state index contributed by atoms with van der Waals surface area (Å²) >= 11 is 0. The van der Waals surface area contributed by atoms with E-state index in [1.54, 1.807) is 27.8 Å². The summed E-state index contributed by atoms with van der Waals surface area (Å²) < 4.78 is 12.7. The Bertz CT molecular complexity index is 1490. The highest BCUT2D eigenvalue weighted by Crippen LogP contribution is 2.38. The van der Waals surface area contributed by atoms with Crippen molar-refractivity contribution in [2.24, 2.45) is 0 Å². The molecule has 39 heavy (non-hydrogen) atoms. The molecule has 1 N–H and O–H groups in total. The van der Waals surface area contributed by atoms with Gasteiger partial charge in [-0.25, -0.2) is 4.68 Å². The molecule has 0 bridgehead atoms. The van der Waals surface area contributed by atoms with Crippen LogP contribution >= 0.6 is 0 Å². The first-order chi connectivity index (χ1) is 19.1. The third-order valence-electron chi connectivity index (χ3n) is 7.52. The second-order valence-electron chi connectivity index (χ2n) is 10.0. The molecule has 1 aliphatic heterocycles. The molecule has 9 nitrogen and oxygen atoms in total. The topological polar surface area (TPSA) is 98.6 Å². The average molecular weight is 526 g/mol. The molecule has 1 aliphatic carbocycles. The Hall–Kier alpha value is -4.40. The van der Waals surface area contributed by atoms with Crippen molar-refractivity contribution in [1.82, 2.24) is 20.3 Å². The number of ether oxygens (including phenoxy) is 2. The zero-order valence-electron chi connectivity index (χ0n) is 21.9. The number of anilines is 1. The van der Waals surface area contributed by atoms with Gasteiger partial charge >= 0.3 is 0 Å². The molecule has 1 saturated carbocycles. The summed E-state index contributed by atoms with van der Waals surface area (Å²) in [7, 11) is 0. The van der Waals surface area contributed by atoms with E-state index in [0.29, 0.717) is 22.7 Å². The van der Waals surface area contributed by atoms with E-state index in [9.17, 15) is 9.59 Å². The summed E-state index contributed by atoms with van der Waals surface area (Å²) in [6.07, 6.45) is 4.94. The number of aryl methyl sites for hydroxylation is 1. The lowest BCUT2D eigenvalue weighted by Crippen LogP contribution is -2.47. The summed E-state index contributed by atoms with van der Waals surface area (Å²) in [4.78, 5) is 29.8. The molecule has 3 aromatic carbocycles. The summed E-state index contributed by atoms with van der Waals surface area (Å²) in [6.45, 7) is 2.11. The van der Waals surface area contributed by atoms with Gasteiger partial charge in [0.1, 0.15) is 18.1 Å². The lowest BCUT2D eigenvalue weighted by molar-refractivity contribution is -0.127. The highest BCUT2D eigenvalue weighted by atomic mass is 16.7. The van der Waals surface area contributed by atoms with Crippen LogP contribution in [0.1, 0.15) is 49.8 Å². The van der Waals surface area contributed by atoms with Crippen molar-refractivity contribution in [2.75, 3.05) is 11.7 Å². The van der Waals surface area contributed by atoms with Crippen LogP contribution in [0.5, 0.6) is 11.5 Å². The highest BCUT2D eigenvalue weighted by Gasteiger charge is 2.35. The molecule has 1 unspecified atom stereocenters. The number of aromatic nitrogens is 3. The third kappa shape index (κ3) is 5.04. The molecule has 0 radical (unpaired) electrons. The Balaban J connectivity index is 1.43. The quantitative estimate of drug-likeness (QED) is 0.362. The van der Waals surface area contributed by atoms with Crippen LogP contribution in [0.4, 0.5) is 5.69 Å². The Morgan fingerprint density at radius 2 is 1.79 bits per heavy atom. The van der Waals surface area contributed by atoms with Crippen molar-refractivity contribution in [3.63, 3.8) is 0 Å². The molecule has 6 rings (SSSR count). The van der Waals surface area contributed by atoms with Gasteiger partial charge in [-0.1, -0.05) is 61.4 Å². The van der Waals surface area contributed by atoms with E-state index in [1.807, 2.05) is 48.5 Å². The van der Waals surface area contributed by atoms with E-state index in [4.69, 9.17) is 9.47 Å². The van der Waals surface area contributed by atoms with Crippen LogP contribution in [0.2, 0.25) is 0 Å². The second-order valence-corrected chi connectivity index (χ2v) is 10.0. The van der Waals surface area contributed by atoms with Crippen LogP contribution in [0.25, 0.3) is 11.0 Å². The summed E-state index contributed by atoms with van der Waals surface area (Å²) in [5.74, 6) is 0.636. The van der Waals surface area contributed by atoms with Gasteiger partial charge in [0.05, 0.1) is 5.52 Å². The Labute approximate surface area is 226 Å². The summed E-state index contributed by atoms with van der Waals surface area (Å²) in [6, 6.07) is 19.9. The molecular weight excluding hydrogens is 494 g/mol. The maximum Gasteiger partial charge on any atom is 0.249 e. The van der Waals surface area contributed by atoms with E-state index in [0.717, 1.165) is 48.7 Å². The van der Waals surface area contributed by atoms with Crippen LogP contribution in [-0.2, 0) is 22.6 Å². The number of para-hydroxylation sites is 1. The molecule has 2 amide bonds. The highest BCUT2D eigenvalue weighted by molar-refractivity contribution is 6.02. The molecule has 1 aromatic heterocycles. The largest absolute Gasteiger partial charge is 0.454 e. The number of carbonyl (C=O) groups excluding carboxylic acids is 2. The first kappa shape index (κ1) is 24.9. The fourth-order valence-electron chi connectivity index (χ4n) is 5.41. The first-order valence-electron chi connectivity index (χ1n) is 13.5. The fraction of sp³-hybridized carbons (Fsp3) is 0.333. The van der Waals surface area contributed by atoms with E-state index < -0.39 is 6.04 Å². The van der Waals surface area contributed by atoms with Crippen molar-refractivity contribution in [1.29, 1.82) is 0 Å². The minimum absolute atomic E-state index is 0.0881.